The van der Waals surface area contributed by atoms with Crippen molar-refractivity contribution in [2.24, 2.45) is 0 Å². The molecule has 0 aliphatic carbocycles. The second kappa shape index (κ2) is 7.59. The average Bonchev–Trinajstić information content (AvgIpc) is 2.36. The predicted octanol–water partition coefficient (Wildman–Crippen LogP) is 1.17. The van der Waals surface area contributed by atoms with Crippen molar-refractivity contribution in [2.45, 2.75) is 6.92 Å². The molecule has 1 N–H and O–H groups in total. The van der Waals surface area contributed by atoms with E-state index in [0.29, 0.717) is 13.1 Å². The first-order valence-electron chi connectivity index (χ1n) is 6.34. The van der Waals surface area contributed by atoms with E-state index in [1.54, 1.807) is 12.1 Å². The maximum Gasteiger partial charge on any atom is 0.244 e. The summed E-state index contributed by atoms with van der Waals surface area (Å²) in [6.45, 7) is 2.43. The molecular formula is C14H20FN3O2. The summed E-state index contributed by atoms with van der Waals surface area (Å²) in [4.78, 5) is 26.7. The van der Waals surface area contributed by atoms with Crippen molar-refractivity contribution in [3.63, 3.8) is 0 Å². The van der Waals surface area contributed by atoms with E-state index in [4.69, 9.17) is 0 Å². The van der Waals surface area contributed by atoms with E-state index in [9.17, 15) is 14.0 Å². The maximum atomic E-state index is 13.4. The van der Waals surface area contributed by atoms with Crippen molar-refractivity contribution >= 4 is 17.5 Å². The lowest BCUT2D eigenvalue weighted by Gasteiger charge is -2.22. The number of rotatable bonds is 6. The van der Waals surface area contributed by atoms with Gasteiger partial charge in [-0.3, -0.25) is 9.59 Å². The third-order valence-corrected chi connectivity index (χ3v) is 2.74. The van der Waals surface area contributed by atoms with E-state index in [-0.39, 0.29) is 18.1 Å². The summed E-state index contributed by atoms with van der Waals surface area (Å²) in [6, 6.07) is 5.92. The molecule has 0 bridgehead atoms. The number of halogens is 1. The van der Waals surface area contributed by atoms with E-state index in [1.165, 1.54) is 24.0 Å². The topological polar surface area (TPSA) is 52.7 Å². The zero-order valence-electron chi connectivity index (χ0n) is 12.0. The Bertz CT molecular complexity index is 477. The summed E-state index contributed by atoms with van der Waals surface area (Å²) >= 11 is 0. The lowest BCUT2D eigenvalue weighted by molar-refractivity contribution is -0.132. The van der Waals surface area contributed by atoms with Gasteiger partial charge in [0, 0.05) is 20.0 Å². The smallest absolute Gasteiger partial charge is 0.244 e. The quantitative estimate of drug-likeness (QED) is 0.851. The van der Waals surface area contributed by atoms with Crippen LogP contribution < -0.4 is 5.32 Å². The van der Waals surface area contributed by atoms with E-state index in [2.05, 4.69) is 5.32 Å². The first kappa shape index (κ1) is 16.1. The van der Waals surface area contributed by atoms with E-state index in [1.807, 2.05) is 19.0 Å². The molecule has 0 aromatic heterocycles. The van der Waals surface area contributed by atoms with Gasteiger partial charge >= 0.3 is 0 Å². The second-order valence-corrected chi connectivity index (χ2v) is 4.77. The van der Waals surface area contributed by atoms with Gasteiger partial charge in [0.15, 0.2) is 0 Å². The molecule has 0 fully saturated rings. The molecule has 0 saturated carbocycles. The highest BCUT2D eigenvalue weighted by atomic mass is 19.1. The van der Waals surface area contributed by atoms with Crippen LogP contribution in [0.4, 0.5) is 10.1 Å². The first-order valence-corrected chi connectivity index (χ1v) is 6.34. The number of benzene rings is 1. The monoisotopic (exact) mass is 281 g/mol. The van der Waals surface area contributed by atoms with Crippen LogP contribution in [0.5, 0.6) is 0 Å². The number of likely N-dealkylation sites (N-methyl/N-ethyl adjacent to an activating group) is 1. The van der Waals surface area contributed by atoms with Crippen LogP contribution in [0, 0.1) is 5.82 Å². The molecule has 5 nitrogen and oxygen atoms in total. The fourth-order valence-corrected chi connectivity index (χ4v) is 1.59. The average molecular weight is 281 g/mol. The van der Waals surface area contributed by atoms with Crippen LogP contribution in [-0.4, -0.2) is 55.3 Å². The minimum absolute atomic E-state index is 0.0858. The van der Waals surface area contributed by atoms with Gasteiger partial charge in [-0.2, -0.15) is 0 Å². The number of para-hydroxylation sites is 1. The molecule has 0 aliphatic heterocycles. The van der Waals surface area contributed by atoms with E-state index >= 15 is 0 Å². The third kappa shape index (κ3) is 5.36. The van der Waals surface area contributed by atoms with Gasteiger partial charge in [-0.05, 0) is 26.2 Å². The highest BCUT2D eigenvalue weighted by molar-refractivity contribution is 5.94. The molecule has 0 heterocycles. The Morgan fingerprint density at radius 2 is 1.85 bits per heavy atom. The van der Waals surface area contributed by atoms with Crippen LogP contribution in [0.25, 0.3) is 0 Å². The van der Waals surface area contributed by atoms with Crippen molar-refractivity contribution in [1.82, 2.24) is 9.80 Å². The molecule has 0 saturated heterocycles. The van der Waals surface area contributed by atoms with Gasteiger partial charge in [0.25, 0.3) is 0 Å². The van der Waals surface area contributed by atoms with Crippen molar-refractivity contribution in [3.8, 4) is 0 Å². The molecule has 0 radical (unpaired) electrons. The molecule has 6 heteroatoms. The normalized spacial score (nSPS) is 10.4. The maximum absolute atomic E-state index is 13.4. The van der Waals surface area contributed by atoms with Crippen LogP contribution in [0.3, 0.4) is 0 Å². The number of nitrogens with zero attached hydrogens (tertiary/aromatic N) is 2. The van der Waals surface area contributed by atoms with Gasteiger partial charge < -0.3 is 15.1 Å². The number of anilines is 1. The Hall–Kier alpha value is -1.95. The molecular weight excluding hydrogens is 261 g/mol. The minimum Gasteiger partial charge on any atom is -0.332 e. The number of hydrogen-bond donors (Lipinski definition) is 1. The predicted molar refractivity (Wildman–Crippen MR) is 75.8 cm³/mol. The van der Waals surface area contributed by atoms with Crippen LogP contribution >= 0.6 is 0 Å². The third-order valence-electron chi connectivity index (χ3n) is 2.74. The first-order chi connectivity index (χ1) is 9.40. The van der Waals surface area contributed by atoms with Crippen LogP contribution in [0.15, 0.2) is 24.3 Å². The Morgan fingerprint density at radius 3 is 2.40 bits per heavy atom. The van der Waals surface area contributed by atoms with Crippen molar-refractivity contribution in [2.75, 3.05) is 39.0 Å². The summed E-state index contributed by atoms with van der Waals surface area (Å²) in [5.74, 6) is -1.09. The Balaban J connectivity index is 2.58. The molecule has 0 atom stereocenters. The van der Waals surface area contributed by atoms with Gasteiger partial charge in [-0.25, -0.2) is 4.39 Å². The lowest BCUT2D eigenvalue weighted by Crippen LogP contribution is -2.40. The second-order valence-electron chi connectivity index (χ2n) is 4.77. The lowest BCUT2D eigenvalue weighted by atomic mass is 10.3. The van der Waals surface area contributed by atoms with Crippen molar-refractivity contribution in [1.29, 1.82) is 0 Å². The van der Waals surface area contributed by atoms with Gasteiger partial charge in [0.1, 0.15) is 5.82 Å². The number of amides is 2. The summed E-state index contributed by atoms with van der Waals surface area (Å²) in [5, 5.41) is 2.46. The van der Waals surface area contributed by atoms with E-state index < -0.39 is 11.7 Å². The van der Waals surface area contributed by atoms with Crippen LogP contribution in [0.1, 0.15) is 6.92 Å². The Labute approximate surface area is 118 Å². The number of carbonyl (C=O) groups excluding carboxylic acids is 2. The molecule has 2 amide bonds. The highest BCUT2D eigenvalue weighted by Crippen LogP contribution is 2.12. The fraction of sp³-hybridized carbons (Fsp3) is 0.429. The molecule has 1 aromatic rings. The molecule has 1 aromatic carbocycles. The number of carbonyl (C=O) groups is 2. The van der Waals surface area contributed by atoms with Gasteiger partial charge in [-0.15, -0.1) is 0 Å². The summed E-state index contributed by atoms with van der Waals surface area (Å²) in [7, 11) is 3.77. The van der Waals surface area contributed by atoms with Crippen LogP contribution in [0.2, 0.25) is 0 Å². The zero-order chi connectivity index (χ0) is 15.1. The molecule has 0 aliphatic rings. The Morgan fingerprint density at radius 1 is 1.20 bits per heavy atom. The fourth-order valence-electron chi connectivity index (χ4n) is 1.59. The minimum atomic E-state index is -0.497. The highest BCUT2D eigenvalue weighted by Gasteiger charge is 2.14. The van der Waals surface area contributed by atoms with Gasteiger partial charge in [-0.1, -0.05) is 12.1 Å². The largest absolute Gasteiger partial charge is 0.332 e. The molecule has 20 heavy (non-hydrogen) atoms. The summed E-state index contributed by atoms with van der Waals surface area (Å²) < 4.78 is 13.4. The molecule has 0 unspecified atom stereocenters. The van der Waals surface area contributed by atoms with Crippen molar-refractivity contribution < 1.29 is 14.0 Å². The van der Waals surface area contributed by atoms with Crippen LogP contribution in [-0.2, 0) is 9.59 Å². The zero-order valence-corrected chi connectivity index (χ0v) is 12.0. The molecule has 0 spiro atoms. The molecule has 1 rings (SSSR count). The molecule has 110 valence electrons. The van der Waals surface area contributed by atoms with E-state index in [0.717, 1.165) is 0 Å². The summed E-state index contributed by atoms with van der Waals surface area (Å²) in [6.07, 6.45) is 0. The number of hydrogen-bond acceptors (Lipinski definition) is 3. The summed E-state index contributed by atoms with van der Waals surface area (Å²) in [5.41, 5.74) is 0.119. The number of nitrogens with one attached hydrogen (secondary N) is 1. The SMILES string of the molecule is CC(=O)N(CCN(C)C)CC(=O)Nc1ccccc1F. The Kier molecular flexibility index (Phi) is 6.11. The standard InChI is InChI=1S/C14H20FN3O2/c1-11(19)18(9-8-17(2)3)10-14(20)16-13-7-5-4-6-12(13)15/h4-7H,8-10H2,1-3H3,(H,16,20). The van der Waals surface area contributed by atoms with Gasteiger partial charge in [0.2, 0.25) is 11.8 Å². The van der Waals surface area contributed by atoms with Gasteiger partial charge in [0.05, 0.1) is 12.2 Å². The van der Waals surface area contributed by atoms with Crippen molar-refractivity contribution in [3.05, 3.63) is 30.1 Å².